The Balaban J connectivity index is 0.000000312. The first kappa shape index (κ1) is 15.9. The van der Waals surface area contributed by atoms with Gasteiger partial charge in [-0.2, -0.15) is 8.42 Å². The molecule has 19 heavy (non-hydrogen) atoms. The summed E-state index contributed by atoms with van der Waals surface area (Å²) in [6.45, 7) is 2.31. The standard InChI is InChI=1S/C12H17NO.H2O4S/c14-12-3-1-10(2-4-12)9-11-5-7-13-8-6-11;1-5(2,3)4/h1-4,11,13-14H,5-9H2;(H2,1,2,3,4). The minimum absolute atomic E-state index is 0.360. The van der Waals surface area contributed by atoms with E-state index in [4.69, 9.17) is 22.6 Å². The fourth-order valence-corrected chi connectivity index (χ4v) is 2.05. The summed E-state index contributed by atoms with van der Waals surface area (Å²) in [7, 11) is -4.67. The highest BCUT2D eigenvalue weighted by Gasteiger charge is 2.12. The Kier molecular flexibility index (Phi) is 6.23. The summed E-state index contributed by atoms with van der Waals surface area (Å²) < 4.78 is 31.6. The van der Waals surface area contributed by atoms with Gasteiger partial charge in [0.2, 0.25) is 0 Å². The molecule has 1 heterocycles. The first-order valence-corrected chi connectivity index (χ1v) is 7.43. The molecule has 4 N–H and O–H groups in total. The molecule has 2 rings (SSSR count). The number of aromatic hydroxyl groups is 1. The van der Waals surface area contributed by atoms with E-state index in [2.05, 4.69) is 5.32 Å². The lowest BCUT2D eigenvalue weighted by Gasteiger charge is -2.22. The molecule has 0 aliphatic carbocycles. The average Bonchev–Trinajstić information content (AvgIpc) is 2.31. The van der Waals surface area contributed by atoms with Gasteiger partial charge in [0.25, 0.3) is 0 Å². The molecular weight excluding hydrogens is 270 g/mol. The van der Waals surface area contributed by atoms with Gasteiger partial charge in [0.05, 0.1) is 0 Å². The molecule has 1 aromatic carbocycles. The Hall–Kier alpha value is -1.15. The first-order chi connectivity index (χ1) is 8.84. The highest BCUT2D eigenvalue weighted by molar-refractivity contribution is 7.79. The molecule has 0 atom stereocenters. The highest BCUT2D eigenvalue weighted by Crippen LogP contribution is 2.19. The van der Waals surface area contributed by atoms with Crippen molar-refractivity contribution in [2.24, 2.45) is 5.92 Å². The SMILES string of the molecule is O=S(=O)(O)O.Oc1ccc(CC2CCNCC2)cc1. The Labute approximate surface area is 113 Å². The van der Waals surface area contributed by atoms with Crippen LogP contribution in [0.4, 0.5) is 0 Å². The lowest BCUT2D eigenvalue weighted by Crippen LogP contribution is -2.28. The van der Waals surface area contributed by atoms with Crippen LogP contribution in [0, 0.1) is 5.92 Å². The van der Waals surface area contributed by atoms with Crippen molar-refractivity contribution in [2.75, 3.05) is 13.1 Å². The van der Waals surface area contributed by atoms with Crippen LogP contribution in [0.3, 0.4) is 0 Å². The van der Waals surface area contributed by atoms with E-state index in [0.29, 0.717) is 5.75 Å². The predicted molar refractivity (Wildman–Crippen MR) is 71.6 cm³/mol. The summed E-state index contributed by atoms with van der Waals surface area (Å²) in [4.78, 5) is 0. The van der Waals surface area contributed by atoms with Gasteiger partial charge in [-0.3, -0.25) is 9.11 Å². The van der Waals surface area contributed by atoms with E-state index in [1.807, 2.05) is 12.1 Å². The van der Waals surface area contributed by atoms with E-state index < -0.39 is 10.4 Å². The molecule has 0 spiro atoms. The zero-order valence-electron chi connectivity index (χ0n) is 10.5. The van der Waals surface area contributed by atoms with Crippen molar-refractivity contribution in [1.82, 2.24) is 5.32 Å². The van der Waals surface area contributed by atoms with E-state index in [1.54, 1.807) is 12.1 Å². The van der Waals surface area contributed by atoms with Gasteiger partial charge in [-0.05, 0) is 56.0 Å². The van der Waals surface area contributed by atoms with Gasteiger partial charge in [-0.1, -0.05) is 12.1 Å². The minimum atomic E-state index is -4.67. The van der Waals surface area contributed by atoms with Gasteiger partial charge in [-0.25, -0.2) is 0 Å². The maximum absolute atomic E-state index is 9.15. The van der Waals surface area contributed by atoms with Gasteiger partial charge in [0, 0.05) is 0 Å². The quantitative estimate of drug-likeness (QED) is 0.611. The van der Waals surface area contributed by atoms with Crippen molar-refractivity contribution < 1.29 is 22.6 Å². The van der Waals surface area contributed by atoms with Gasteiger partial charge >= 0.3 is 10.4 Å². The Morgan fingerprint density at radius 2 is 1.58 bits per heavy atom. The van der Waals surface area contributed by atoms with Crippen molar-refractivity contribution >= 4 is 10.4 Å². The van der Waals surface area contributed by atoms with Crippen molar-refractivity contribution in [3.8, 4) is 5.75 Å². The Morgan fingerprint density at radius 1 is 1.11 bits per heavy atom. The van der Waals surface area contributed by atoms with Crippen LogP contribution in [-0.2, 0) is 16.8 Å². The van der Waals surface area contributed by atoms with Crippen LogP contribution in [0.1, 0.15) is 18.4 Å². The van der Waals surface area contributed by atoms with Crippen molar-refractivity contribution in [2.45, 2.75) is 19.3 Å². The number of benzene rings is 1. The fraction of sp³-hybridized carbons (Fsp3) is 0.500. The normalized spacial score (nSPS) is 16.5. The summed E-state index contributed by atoms with van der Waals surface area (Å²) >= 11 is 0. The summed E-state index contributed by atoms with van der Waals surface area (Å²) in [6, 6.07) is 7.60. The van der Waals surface area contributed by atoms with E-state index >= 15 is 0 Å². The van der Waals surface area contributed by atoms with Crippen molar-refractivity contribution in [3.05, 3.63) is 29.8 Å². The first-order valence-electron chi connectivity index (χ1n) is 6.03. The maximum Gasteiger partial charge on any atom is 0.394 e. The molecular formula is C12H19NO5S. The van der Waals surface area contributed by atoms with Crippen LogP contribution >= 0.6 is 0 Å². The minimum Gasteiger partial charge on any atom is -0.508 e. The summed E-state index contributed by atoms with van der Waals surface area (Å²) in [6.07, 6.45) is 3.71. The molecule has 0 bridgehead atoms. The van der Waals surface area contributed by atoms with Crippen LogP contribution in [0.25, 0.3) is 0 Å². The van der Waals surface area contributed by atoms with E-state index in [9.17, 15) is 0 Å². The number of piperidine rings is 1. The number of phenolic OH excluding ortho intramolecular Hbond substituents is 1. The number of rotatable bonds is 2. The smallest absolute Gasteiger partial charge is 0.394 e. The largest absolute Gasteiger partial charge is 0.508 e. The topological polar surface area (TPSA) is 107 Å². The van der Waals surface area contributed by atoms with Crippen LogP contribution in [0.5, 0.6) is 5.75 Å². The number of phenols is 1. The van der Waals surface area contributed by atoms with Gasteiger partial charge < -0.3 is 10.4 Å². The molecule has 0 unspecified atom stereocenters. The molecule has 6 nitrogen and oxygen atoms in total. The lowest BCUT2D eigenvalue weighted by atomic mass is 9.91. The number of nitrogens with one attached hydrogen (secondary N) is 1. The van der Waals surface area contributed by atoms with Crippen LogP contribution in [0.2, 0.25) is 0 Å². The van der Waals surface area contributed by atoms with Crippen LogP contribution < -0.4 is 5.32 Å². The molecule has 1 aliphatic heterocycles. The predicted octanol–water partition coefficient (Wildman–Crippen LogP) is 1.28. The molecule has 0 aromatic heterocycles. The van der Waals surface area contributed by atoms with E-state index in [-0.39, 0.29) is 0 Å². The highest BCUT2D eigenvalue weighted by atomic mass is 32.3. The molecule has 0 radical (unpaired) electrons. The van der Waals surface area contributed by atoms with Crippen molar-refractivity contribution in [1.29, 1.82) is 0 Å². The second-order valence-electron chi connectivity index (χ2n) is 4.51. The van der Waals surface area contributed by atoms with E-state index in [1.165, 1.54) is 18.4 Å². The third-order valence-corrected chi connectivity index (χ3v) is 2.92. The Morgan fingerprint density at radius 3 is 2.05 bits per heavy atom. The van der Waals surface area contributed by atoms with E-state index in [0.717, 1.165) is 25.4 Å². The summed E-state index contributed by atoms with van der Waals surface area (Å²) in [5.41, 5.74) is 1.34. The number of hydrogen-bond acceptors (Lipinski definition) is 4. The van der Waals surface area contributed by atoms with Crippen LogP contribution in [0.15, 0.2) is 24.3 Å². The third-order valence-electron chi connectivity index (χ3n) is 2.92. The molecule has 108 valence electrons. The average molecular weight is 289 g/mol. The van der Waals surface area contributed by atoms with Gasteiger partial charge in [-0.15, -0.1) is 0 Å². The molecule has 1 aliphatic rings. The summed E-state index contributed by atoms with van der Waals surface area (Å²) in [5.74, 6) is 1.18. The monoisotopic (exact) mass is 289 g/mol. The van der Waals surface area contributed by atoms with Gasteiger partial charge in [0.1, 0.15) is 5.75 Å². The molecule has 0 saturated carbocycles. The molecule has 0 amide bonds. The molecule has 1 aromatic rings. The van der Waals surface area contributed by atoms with Gasteiger partial charge in [0.15, 0.2) is 0 Å². The summed E-state index contributed by atoms with van der Waals surface area (Å²) in [5, 5.41) is 12.5. The fourth-order valence-electron chi connectivity index (χ4n) is 2.05. The molecule has 1 saturated heterocycles. The molecule has 1 fully saturated rings. The van der Waals surface area contributed by atoms with Crippen LogP contribution in [-0.4, -0.2) is 35.7 Å². The number of hydrogen-bond donors (Lipinski definition) is 4. The third kappa shape index (κ3) is 8.55. The molecule has 7 heteroatoms. The Bertz CT molecular complexity index is 457. The lowest BCUT2D eigenvalue weighted by molar-refractivity contribution is 0.372. The zero-order valence-corrected chi connectivity index (χ0v) is 11.3. The zero-order chi connectivity index (χ0) is 14.3. The second-order valence-corrected chi connectivity index (χ2v) is 5.41. The second kappa shape index (κ2) is 7.44. The van der Waals surface area contributed by atoms with Crippen molar-refractivity contribution in [3.63, 3.8) is 0 Å². The maximum atomic E-state index is 9.15.